The summed E-state index contributed by atoms with van der Waals surface area (Å²) < 4.78 is 0. The predicted molar refractivity (Wildman–Crippen MR) is 98.1 cm³/mol. The van der Waals surface area contributed by atoms with Crippen LogP contribution < -0.4 is 10.6 Å². The summed E-state index contributed by atoms with van der Waals surface area (Å²) in [5, 5.41) is 15.5. The number of urea groups is 1. The third-order valence-electron chi connectivity index (χ3n) is 5.90. The van der Waals surface area contributed by atoms with Crippen LogP contribution in [0.3, 0.4) is 0 Å². The number of aliphatic hydroxyl groups excluding tert-OH is 1. The van der Waals surface area contributed by atoms with Crippen LogP contribution >= 0.6 is 0 Å². The molecular formula is C19H37N3O2. The minimum absolute atomic E-state index is 0.0503. The number of carbonyl (C=O) groups excluding carboxylic acids is 1. The average Bonchev–Trinajstić information content (AvgIpc) is 2.85. The molecule has 2 fully saturated rings. The van der Waals surface area contributed by atoms with Crippen LogP contribution in [-0.4, -0.2) is 55.4 Å². The van der Waals surface area contributed by atoms with Crippen LogP contribution in [0.15, 0.2) is 0 Å². The minimum Gasteiger partial charge on any atom is -0.396 e. The van der Waals surface area contributed by atoms with Gasteiger partial charge in [0.25, 0.3) is 0 Å². The average molecular weight is 340 g/mol. The number of rotatable bonds is 7. The van der Waals surface area contributed by atoms with Crippen LogP contribution in [0, 0.1) is 11.8 Å². The van der Waals surface area contributed by atoms with E-state index in [1.165, 1.54) is 64.5 Å². The Balaban J connectivity index is 1.67. The second-order valence-electron chi connectivity index (χ2n) is 7.81. The molecule has 0 aromatic heterocycles. The molecule has 1 saturated carbocycles. The van der Waals surface area contributed by atoms with Crippen molar-refractivity contribution < 1.29 is 9.90 Å². The molecule has 0 aromatic carbocycles. The molecule has 1 saturated heterocycles. The highest BCUT2D eigenvalue weighted by molar-refractivity contribution is 5.74. The lowest BCUT2D eigenvalue weighted by Gasteiger charge is -2.29. The van der Waals surface area contributed by atoms with E-state index in [0.29, 0.717) is 12.3 Å². The van der Waals surface area contributed by atoms with E-state index in [1.807, 2.05) is 0 Å². The van der Waals surface area contributed by atoms with Gasteiger partial charge >= 0.3 is 6.03 Å². The number of hydrogen-bond donors (Lipinski definition) is 3. The first-order valence-electron chi connectivity index (χ1n) is 10.0. The molecule has 2 amide bonds. The van der Waals surface area contributed by atoms with Gasteiger partial charge in [0.15, 0.2) is 0 Å². The molecule has 24 heavy (non-hydrogen) atoms. The van der Waals surface area contributed by atoms with Gasteiger partial charge in [0.2, 0.25) is 0 Å². The lowest BCUT2D eigenvalue weighted by molar-refractivity contribution is 0.201. The number of nitrogens with zero attached hydrogens (tertiary/aromatic N) is 1. The largest absolute Gasteiger partial charge is 0.396 e. The van der Waals surface area contributed by atoms with Crippen LogP contribution in [0.1, 0.15) is 64.2 Å². The molecule has 3 N–H and O–H groups in total. The van der Waals surface area contributed by atoms with Gasteiger partial charge in [-0.3, -0.25) is 0 Å². The highest BCUT2D eigenvalue weighted by Gasteiger charge is 2.24. The Labute approximate surface area is 147 Å². The summed E-state index contributed by atoms with van der Waals surface area (Å²) in [5.74, 6) is 1.27. The van der Waals surface area contributed by atoms with Gasteiger partial charge in [-0.1, -0.05) is 25.7 Å². The second kappa shape index (κ2) is 10.9. The van der Waals surface area contributed by atoms with Crippen molar-refractivity contribution in [1.82, 2.24) is 15.5 Å². The fourth-order valence-corrected chi connectivity index (χ4v) is 4.24. The van der Waals surface area contributed by atoms with Crippen molar-refractivity contribution in [2.75, 3.05) is 33.3 Å². The Kier molecular flexibility index (Phi) is 8.89. The number of nitrogens with one attached hydrogen (secondary N) is 2. The monoisotopic (exact) mass is 339 g/mol. The number of amides is 2. The van der Waals surface area contributed by atoms with Gasteiger partial charge < -0.3 is 20.6 Å². The lowest BCUT2D eigenvalue weighted by atomic mass is 9.90. The zero-order valence-electron chi connectivity index (χ0n) is 15.4. The first-order valence-corrected chi connectivity index (χ1v) is 10.0. The maximum atomic E-state index is 12.2. The molecule has 140 valence electrons. The van der Waals surface area contributed by atoms with Crippen LogP contribution in [0.2, 0.25) is 0 Å². The number of aliphatic hydroxyl groups is 1. The van der Waals surface area contributed by atoms with Crippen molar-refractivity contribution in [2.45, 2.75) is 70.3 Å². The predicted octanol–water partition coefficient (Wildman–Crippen LogP) is 2.74. The van der Waals surface area contributed by atoms with Crippen molar-refractivity contribution in [3.63, 3.8) is 0 Å². The molecule has 2 rings (SSSR count). The zero-order chi connectivity index (χ0) is 17.2. The SMILES string of the molecule is CN1CCC(CCNC(=O)NC(CCO)C2CCCCCC2)CC1. The highest BCUT2D eigenvalue weighted by atomic mass is 16.3. The Morgan fingerprint density at radius 3 is 2.42 bits per heavy atom. The topological polar surface area (TPSA) is 64.6 Å². The maximum absolute atomic E-state index is 12.2. The van der Waals surface area contributed by atoms with Gasteiger partial charge in [0.05, 0.1) is 0 Å². The standard InChI is InChI=1S/C19H37N3O2/c1-22-13-9-16(10-14-22)8-12-20-19(24)21-18(11-15-23)17-6-4-2-3-5-7-17/h16-18,23H,2-15H2,1H3,(H2,20,21,24). The lowest BCUT2D eigenvalue weighted by Crippen LogP contribution is -2.46. The van der Waals surface area contributed by atoms with Crippen LogP contribution in [0.25, 0.3) is 0 Å². The molecule has 1 heterocycles. The molecular weight excluding hydrogens is 302 g/mol. The summed E-state index contributed by atoms with van der Waals surface area (Å²) in [6.07, 6.45) is 11.7. The summed E-state index contributed by atoms with van der Waals surface area (Å²) in [7, 11) is 2.18. The zero-order valence-corrected chi connectivity index (χ0v) is 15.4. The van der Waals surface area contributed by atoms with Gasteiger partial charge in [-0.15, -0.1) is 0 Å². The van der Waals surface area contributed by atoms with Crippen molar-refractivity contribution in [1.29, 1.82) is 0 Å². The molecule has 1 aliphatic heterocycles. The summed E-state index contributed by atoms with van der Waals surface area (Å²) >= 11 is 0. The van der Waals surface area contributed by atoms with Crippen LogP contribution in [-0.2, 0) is 0 Å². The van der Waals surface area contributed by atoms with Crippen LogP contribution in [0.5, 0.6) is 0 Å². The normalized spacial score (nSPS) is 22.8. The quantitative estimate of drug-likeness (QED) is 0.625. The van der Waals surface area contributed by atoms with Gasteiger partial charge in [-0.2, -0.15) is 0 Å². The van der Waals surface area contributed by atoms with E-state index < -0.39 is 0 Å². The fourth-order valence-electron chi connectivity index (χ4n) is 4.24. The fraction of sp³-hybridized carbons (Fsp3) is 0.947. The molecule has 0 radical (unpaired) electrons. The molecule has 0 spiro atoms. The van der Waals surface area contributed by atoms with Gasteiger partial charge in [-0.05, 0) is 70.5 Å². The van der Waals surface area contributed by atoms with Crippen LogP contribution in [0.4, 0.5) is 4.79 Å². The summed E-state index contributed by atoms with van der Waals surface area (Å²) in [6, 6.07) is 0.0713. The number of piperidine rings is 1. The van der Waals surface area contributed by atoms with Gasteiger partial charge in [-0.25, -0.2) is 4.79 Å². The summed E-state index contributed by atoms with van der Waals surface area (Å²) in [4.78, 5) is 14.6. The van der Waals surface area contributed by atoms with E-state index in [0.717, 1.165) is 18.9 Å². The molecule has 1 unspecified atom stereocenters. The Bertz CT molecular complexity index is 349. The highest BCUT2D eigenvalue weighted by Crippen LogP contribution is 2.26. The Morgan fingerprint density at radius 2 is 1.79 bits per heavy atom. The molecule has 0 bridgehead atoms. The van der Waals surface area contributed by atoms with E-state index in [2.05, 4.69) is 22.6 Å². The third kappa shape index (κ3) is 6.98. The number of hydrogen-bond acceptors (Lipinski definition) is 3. The minimum atomic E-state index is -0.0503. The van der Waals surface area contributed by atoms with Crippen molar-refractivity contribution in [3.8, 4) is 0 Å². The van der Waals surface area contributed by atoms with Crippen molar-refractivity contribution in [2.24, 2.45) is 11.8 Å². The van der Waals surface area contributed by atoms with Crippen molar-refractivity contribution >= 4 is 6.03 Å². The molecule has 5 nitrogen and oxygen atoms in total. The van der Waals surface area contributed by atoms with Gasteiger partial charge in [0.1, 0.15) is 0 Å². The summed E-state index contributed by atoms with van der Waals surface area (Å²) in [5.41, 5.74) is 0. The van der Waals surface area contributed by atoms with Crippen molar-refractivity contribution in [3.05, 3.63) is 0 Å². The van der Waals surface area contributed by atoms with Gasteiger partial charge in [0, 0.05) is 19.2 Å². The summed E-state index contributed by atoms with van der Waals surface area (Å²) in [6.45, 7) is 3.27. The van der Waals surface area contributed by atoms with E-state index in [1.54, 1.807) is 0 Å². The number of carbonyl (C=O) groups is 1. The van der Waals surface area contributed by atoms with E-state index in [-0.39, 0.29) is 18.7 Å². The third-order valence-corrected chi connectivity index (χ3v) is 5.90. The molecule has 2 aliphatic rings. The molecule has 1 atom stereocenters. The van der Waals surface area contributed by atoms with E-state index in [4.69, 9.17) is 0 Å². The molecule has 1 aliphatic carbocycles. The second-order valence-corrected chi connectivity index (χ2v) is 7.81. The number of likely N-dealkylation sites (tertiary alicyclic amines) is 1. The Morgan fingerprint density at radius 1 is 1.12 bits per heavy atom. The van der Waals surface area contributed by atoms with E-state index >= 15 is 0 Å². The molecule has 5 heteroatoms. The smallest absolute Gasteiger partial charge is 0.315 e. The first-order chi connectivity index (χ1) is 11.7. The van der Waals surface area contributed by atoms with E-state index in [9.17, 15) is 9.90 Å². The first kappa shape index (κ1) is 19.5. The maximum Gasteiger partial charge on any atom is 0.315 e. The Hall–Kier alpha value is -0.810. The molecule has 0 aromatic rings.